The number of hydrogen-bond acceptors (Lipinski definition) is 5. The Hall–Kier alpha value is -2.66. The fraction of sp³-hybridized carbons (Fsp3) is 0.462. The van der Waals surface area contributed by atoms with E-state index in [1.807, 2.05) is 60.7 Å². The molecule has 2 saturated carbocycles. The monoisotopic (exact) mass is 426 g/mol. The van der Waals surface area contributed by atoms with E-state index in [0.717, 1.165) is 24.0 Å². The van der Waals surface area contributed by atoms with Crippen molar-refractivity contribution in [1.82, 2.24) is 0 Å². The molecule has 0 bridgehead atoms. The van der Waals surface area contributed by atoms with Crippen molar-refractivity contribution in [3.05, 3.63) is 71.8 Å². The zero-order valence-electron chi connectivity index (χ0n) is 17.4. The Morgan fingerprint density at radius 1 is 0.774 bits per heavy atom. The van der Waals surface area contributed by atoms with E-state index in [4.69, 9.17) is 14.6 Å². The lowest BCUT2D eigenvalue weighted by Gasteiger charge is -2.30. The van der Waals surface area contributed by atoms with E-state index in [-0.39, 0.29) is 37.3 Å². The third-order valence-corrected chi connectivity index (χ3v) is 5.60. The van der Waals surface area contributed by atoms with Gasteiger partial charge in [-0.1, -0.05) is 75.0 Å². The van der Waals surface area contributed by atoms with Crippen LogP contribution in [-0.4, -0.2) is 23.1 Å². The molecule has 4 rings (SSSR count). The van der Waals surface area contributed by atoms with E-state index in [9.17, 15) is 9.59 Å². The van der Waals surface area contributed by atoms with Gasteiger partial charge in [-0.05, 0) is 42.7 Å². The number of carbonyl (C=O) groups is 2. The van der Waals surface area contributed by atoms with Crippen LogP contribution in [-0.2, 0) is 32.3 Å². The predicted molar refractivity (Wildman–Crippen MR) is 120 cm³/mol. The fourth-order valence-corrected chi connectivity index (χ4v) is 3.57. The van der Waals surface area contributed by atoms with Gasteiger partial charge < -0.3 is 14.6 Å². The first-order valence-corrected chi connectivity index (χ1v) is 10.6. The number of esters is 2. The number of hydrogen-bond donors (Lipinski definition) is 1. The van der Waals surface area contributed by atoms with Crippen molar-refractivity contribution in [3.63, 3.8) is 0 Å². The molecule has 0 aliphatic heterocycles. The smallest absolute Gasteiger partial charge is 0.309 e. The summed E-state index contributed by atoms with van der Waals surface area (Å²) < 4.78 is 10.4. The Kier molecular flexibility index (Phi) is 9.73. The van der Waals surface area contributed by atoms with Gasteiger partial charge in [-0.25, -0.2) is 0 Å². The second-order valence-corrected chi connectivity index (χ2v) is 8.28. The van der Waals surface area contributed by atoms with Gasteiger partial charge >= 0.3 is 11.9 Å². The lowest BCUT2D eigenvalue weighted by Crippen LogP contribution is -2.35. The minimum atomic E-state index is -0.306. The summed E-state index contributed by atoms with van der Waals surface area (Å²) in [6.45, 7) is 2.90. The Bertz CT molecular complexity index is 724. The van der Waals surface area contributed by atoms with Crippen LogP contribution in [0.4, 0.5) is 0 Å². The van der Waals surface area contributed by atoms with Gasteiger partial charge in [-0.3, -0.25) is 9.59 Å². The first-order valence-electron chi connectivity index (χ1n) is 10.6. The zero-order chi connectivity index (χ0) is 21.3. The number of rotatable bonds is 6. The summed E-state index contributed by atoms with van der Waals surface area (Å²) in [7, 11) is 0. The third-order valence-electron chi connectivity index (χ3n) is 5.60. The van der Waals surface area contributed by atoms with E-state index in [2.05, 4.69) is 6.92 Å². The highest BCUT2D eigenvalue weighted by Crippen LogP contribution is 2.34. The Labute approximate surface area is 185 Å². The molecule has 1 N–H and O–H groups in total. The molecule has 2 aliphatic carbocycles. The molecular weight excluding hydrogens is 392 g/mol. The van der Waals surface area contributed by atoms with E-state index < -0.39 is 0 Å². The summed E-state index contributed by atoms with van der Waals surface area (Å²) in [5.41, 5.74) is 2.05. The Balaban J connectivity index is 0.000000213. The van der Waals surface area contributed by atoms with Crippen molar-refractivity contribution in [3.8, 4) is 0 Å². The highest BCUT2D eigenvalue weighted by Gasteiger charge is 2.34. The number of aliphatic hydroxyl groups is 1. The van der Waals surface area contributed by atoms with E-state index >= 15 is 0 Å². The topological polar surface area (TPSA) is 72.8 Å². The van der Waals surface area contributed by atoms with Crippen LogP contribution < -0.4 is 0 Å². The van der Waals surface area contributed by atoms with Crippen LogP contribution in [0, 0.1) is 17.8 Å². The summed E-state index contributed by atoms with van der Waals surface area (Å²) in [5.74, 6) is 0.535. The van der Waals surface area contributed by atoms with E-state index in [0.29, 0.717) is 32.0 Å². The predicted octanol–water partition coefficient (Wildman–Crippen LogP) is 4.91. The first-order chi connectivity index (χ1) is 14.5. The van der Waals surface area contributed by atoms with E-state index in [1.54, 1.807) is 0 Å². The van der Waals surface area contributed by atoms with Gasteiger partial charge in [0, 0.05) is 0 Å². The van der Waals surface area contributed by atoms with Crippen LogP contribution in [0.25, 0.3) is 0 Å². The van der Waals surface area contributed by atoms with Gasteiger partial charge in [0.05, 0.1) is 17.9 Å². The molecule has 0 heterocycles. The van der Waals surface area contributed by atoms with Crippen LogP contribution in [0.5, 0.6) is 0 Å². The number of carbonyl (C=O) groups excluding carboxylic acids is 2. The van der Waals surface area contributed by atoms with Gasteiger partial charge in [0.2, 0.25) is 0 Å². The molecule has 168 valence electrons. The number of benzene rings is 2. The highest BCUT2D eigenvalue weighted by atomic mass is 16.5. The first kappa shape index (κ1) is 24.6. The minimum Gasteiger partial charge on any atom is -0.461 e. The van der Waals surface area contributed by atoms with Crippen molar-refractivity contribution in [2.24, 2.45) is 17.8 Å². The summed E-state index contributed by atoms with van der Waals surface area (Å²) >= 11 is 0. The molecule has 0 atom stereocenters. The molecule has 2 aromatic rings. The van der Waals surface area contributed by atoms with Crippen LogP contribution in [0.3, 0.4) is 0 Å². The minimum absolute atomic E-state index is 0. The van der Waals surface area contributed by atoms with E-state index in [1.165, 1.54) is 0 Å². The van der Waals surface area contributed by atoms with Crippen LogP contribution >= 0.6 is 0 Å². The van der Waals surface area contributed by atoms with Crippen molar-refractivity contribution < 1.29 is 24.2 Å². The summed E-state index contributed by atoms with van der Waals surface area (Å²) in [4.78, 5) is 22.9. The van der Waals surface area contributed by atoms with Crippen LogP contribution in [0.2, 0.25) is 0 Å². The third kappa shape index (κ3) is 7.83. The van der Waals surface area contributed by atoms with Crippen molar-refractivity contribution >= 4 is 11.9 Å². The van der Waals surface area contributed by atoms with Gasteiger partial charge in [-0.15, -0.1) is 0 Å². The molecule has 31 heavy (non-hydrogen) atoms. The fourth-order valence-electron chi connectivity index (χ4n) is 3.57. The molecule has 0 unspecified atom stereocenters. The van der Waals surface area contributed by atoms with Crippen molar-refractivity contribution in [1.29, 1.82) is 0 Å². The number of aliphatic hydroxyl groups excluding tert-OH is 1. The lowest BCUT2D eigenvalue weighted by molar-refractivity contribution is -0.157. The van der Waals surface area contributed by atoms with Gasteiger partial charge in [0.15, 0.2) is 0 Å². The van der Waals surface area contributed by atoms with Gasteiger partial charge in [0.25, 0.3) is 0 Å². The quantitative estimate of drug-likeness (QED) is 0.664. The second kappa shape index (κ2) is 12.3. The van der Waals surface area contributed by atoms with Crippen molar-refractivity contribution in [2.45, 2.75) is 59.4 Å². The molecule has 5 nitrogen and oxygen atoms in total. The molecule has 5 heteroatoms. The average Bonchev–Trinajstić information content (AvgIpc) is 2.73. The molecule has 0 saturated heterocycles. The lowest BCUT2D eigenvalue weighted by atomic mass is 9.76. The average molecular weight is 427 g/mol. The zero-order valence-corrected chi connectivity index (χ0v) is 17.4. The summed E-state index contributed by atoms with van der Waals surface area (Å²) in [6, 6.07) is 19.4. The summed E-state index contributed by atoms with van der Waals surface area (Å²) in [5, 5.41) is 9.04. The second-order valence-electron chi connectivity index (χ2n) is 8.28. The molecule has 2 aromatic carbocycles. The largest absolute Gasteiger partial charge is 0.461 e. The normalized spacial score (nSPS) is 23.5. The standard InChI is InChI=1S/C13H16O2.C12H14O3.CH4/c1-10-7-12(8-10)13(14)15-9-11-5-3-2-4-6-11;13-11-6-10(7-11)12(14)15-8-9-4-2-1-3-5-9;/h2-6,10,12H,7-9H2,1H3;1-5,10-11,13H,6-8H2;1H4. The molecule has 2 aliphatic rings. The molecular formula is C26H34O5. The van der Waals surface area contributed by atoms with Crippen LogP contribution in [0.1, 0.15) is 51.2 Å². The van der Waals surface area contributed by atoms with Gasteiger partial charge in [-0.2, -0.15) is 0 Å². The number of ether oxygens (including phenoxy) is 2. The summed E-state index contributed by atoms with van der Waals surface area (Å²) in [6.07, 6.45) is 2.78. The maximum atomic E-state index is 11.5. The molecule has 2 fully saturated rings. The molecule has 0 spiro atoms. The Morgan fingerprint density at radius 2 is 1.16 bits per heavy atom. The maximum absolute atomic E-state index is 11.5. The molecule has 0 aromatic heterocycles. The maximum Gasteiger partial charge on any atom is 0.309 e. The van der Waals surface area contributed by atoms with Crippen molar-refractivity contribution in [2.75, 3.05) is 0 Å². The van der Waals surface area contributed by atoms with Gasteiger partial charge in [0.1, 0.15) is 13.2 Å². The SMILES string of the molecule is C.CC1CC(C(=O)OCc2ccccc2)C1.O=C(OCc1ccccc1)C1CC(O)C1. The Morgan fingerprint density at radius 3 is 1.52 bits per heavy atom. The highest BCUT2D eigenvalue weighted by molar-refractivity contribution is 5.74. The van der Waals surface area contributed by atoms with Crippen LogP contribution in [0.15, 0.2) is 60.7 Å². The molecule has 0 radical (unpaired) electrons. The molecule has 0 amide bonds.